The summed E-state index contributed by atoms with van der Waals surface area (Å²) in [5.74, 6) is -0.838. The fourth-order valence-electron chi connectivity index (χ4n) is 1.66. The summed E-state index contributed by atoms with van der Waals surface area (Å²) in [6, 6.07) is 5.19. The van der Waals surface area contributed by atoms with Crippen LogP contribution < -0.4 is 10.5 Å². The standard InChI is InChI=1S/C13H14FN3O2S/c1-9-4-5-16-7-10(9)8-17-20(18,19)13-6-11(15)2-3-12(13)14/h2-7,17H,8,15H2,1H3. The quantitative estimate of drug-likeness (QED) is 0.839. The van der Waals surface area contributed by atoms with E-state index in [1.807, 2.05) is 6.92 Å². The number of pyridine rings is 1. The molecule has 2 rings (SSSR count). The maximum absolute atomic E-state index is 13.6. The molecule has 1 aromatic carbocycles. The third kappa shape index (κ3) is 3.12. The van der Waals surface area contributed by atoms with Crippen molar-refractivity contribution in [2.45, 2.75) is 18.4 Å². The van der Waals surface area contributed by atoms with E-state index in [4.69, 9.17) is 5.73 Å². The van der Waals surface area contributed by atoms with Crippen molar-refractivity contribution in [2.75, 3.05) is 5.73 Å². The maximum atomic E-state index is 13.6. The van der Waals surface area contributed by atoms with E-state index in [9.17, 15) is 12.8 Å². The Bertz CT molecular complexity index is 732. The molecule has 20 heavy (non-hydrogen) atoms. The van der Waals surface area contributed by atoms with Crippen LogP contribution in [-0.2, 0) is 16.6 Å². The third-order valence-corrected chi connectivity index (χ3v) is 4.26. The van der Waals surface area contributed by atoms with Gasteiger partial charge in [0.15, 0.2) is 0 Å². The van der Waals surface area contributed by atoms with Crippen LogP contribution in [0.1, 0.15) is 11.1 Å². The molecule has 0 saturated carbocycles. The van der Waals surface area contributed by atoms with E-state index < -0.39 is 20.7 Å². The molecule has 1 aromatic heterocycles. The zero-order chi connectivity index (χ0) is 14.8. The lowest BCUT2D eigenvalue weighted by Crippen LogP contribution is -2.24. The Labute approximate surface area is 116 Å². The summed E-state index contributed by atoms with van der Waals surface area (Å²) in [4.78, 5) is 3.46. The van der Waals surface area contributed by atoms with Crippen molar-refractivity contribution in [3.63, 3.8) is 0 Å². The van der Waals surface area contributed by atoms with E-state index in [-0.39, 0.29) is 12.2 Å². The first-order chi connectivity index (χ1) is 9.40. The summed E-state index contributed by atoms with van der Waals surface area (Å²) in [6.45, 7) is 1.88. The third-order valence-electron chi connectivity index (χ3n) is 2.84. The molecular weight excluding hydrogens is 281 g/mol. The Morgan fingerprint density at radius 3 is 2.80 bits per heavy atom. The monoisotopic (exact) mass is 295 g/mol. The van der Waals surface area contributed by atoms with Gasteiger partial charge in [-0.25, -0.2) is 17.5 Å². The highest BCUT2D eigenvalue weighted by molar-refractivity contribution is 7.89. The normalized spacial score (nSPS) is 11.5. The van der Waals surface area contributed by atoms with Crippen molar-refractivity contribution >= 4 is 15.7 Å². The molecule has 0 bridgehead atoms. The minimum atomic E-state index is -3.96. The fraction of sp³-hybridized carbons (Fsp3) is 0.154. The van der Waals surface area contributed by atoms with Gasteiger partial charge < -0.3 is 5.73 Å². The zero-order valence-electron chi connectivity index (χ0n) is 10.8. The molecule has 0 saturated heterocycles. The molecule has 0 atom stereocenters. The molecule has 0 spiro atoms. The molecule has 0 amide bonds. The highest BCUT2D eigenvalue weighted by Gasteiger charge is 2.19. The lowest BCUT2D eigenvalue weighted by molar-refractivity contribution is 0.557. The second kappa shape index (κ2) is 5.56. The summed E-state index contributed by atoms with van der Waals surface area (Å²) >= 11 is 0. The summed E-state index contributed by atoms with van der Waals surface area (Å²) in [7, 11) is -3.96. The Morgan fingerprint density at radius 2 is 2.10 bits per heavy atom. The van der Waals surface area contributed by atoms with Crippen molar-refractivity contribution in [3.8, 4) is 0 Å². The predicted octanol–water partition coefficient (Wildman–Crippen LogP) is 1.59. The van der Waals surface area contributed by atoms with Crippen molar-refractivity contribution in [1.29, 1.82) is 0 Å². The average Bonchev–Trinajstić information content (AvgIpc) is 2.40. The van der Waals surface area contributed by atoms with Crippen LogP contribution in [0, 0.1) is 12.7 Å². The van der Waals surface area contributed by atoms with Gasteiger partial charge in [-0.1, -0.05) is 0 Å². The summed E-state index contributed by atoms with van der Waals surface area (Å²) in [6.07, 6.45) is 3.18. The lowest BCUT2D eigenvalue weighted by atomic mass is 10.2. The Balaban J connectivity index is 2.24. The second-order valence-electron chi connectivity index (χ2n) is 4.32. The number of sulfonamides is 1. The first kappa shape index (κ1) is 14.4. The minimum absolute atomic E-state index is 0.0379. The molecule has 0 unspecified atom stereocenters. The lowest BCUT2D eigenvalue weighted by Gasteiger charge is -2.09. The molecule has 3 N–H and O–H groups in total. The molecule has 5 nitrogen and oxygen atoms in total. The number of hydrogen-bond acceptors (Lipinski definition) is 4. The number of rotatable bonds is 4. The summed E-state index contributed by atoms with van der Waals surface area (Å²) < 4.78 is 40.0. The Kier molecular flexibility index (Phi) is 4.01. The van der Waals surface area contributed by atoms with Crippen LogP contribution in [0.3, 0.4) is 0 Å². The molecular formula is C13H14FN3O2S. The smallest absolute Gasteiger partial charge is 0.243 e. The van der Waals surface area contributed by atoms with E-state index in [0.717, 1.165) is 23.3 Å². The molecule has 2 aromatic rings. The van der Waals surface area contributed by atoms with Crippen molar-refractivity contribution in [3.05, 3.63) is 53.6 Å². The van der Waals surface area contributed by atoms with Gasteiger partial charge in [-0.3, -0.25) is 4.98 Å². The number of nitrogens with two attached hydrogens (primary N) is 1. The number of benzene rings is 1. The van der Waals surface area contributed by atoms with E-state index >= 15 is 0 Å². The number of nitrogens with zero attached hydrogens (tertiary/aromatic N) is 1. The summed E-state index contributed by atoms with van der Waals surface area (Å²) in [5, 5.41) is 0. The number of aryl methyl sites for hydroxylation is 1. The molecule has 106 valence electrons. The number of aromatic nitrogens is 1. The van der Waals surface area contributed by atoms with E-state index in [1.54, 1.807) is 18.5 Å². The molecule has 0 aliphatic rings. The molecule has 0 aliphatic carbocycles. The van der Waals surface area contributed by atoms with Crippen LogP contribution in [0.4, 0.5) is 10.1 Å². The van der Waals surface area contributed by atoms with Gasteiger partial charge >= 0.3 is 0 Å². The first-order valence-corrected chi connectivity index (χ1v) is 7.32. The van der Waals surface area contributed by atoms with E-state index in [0.29, 0.717) is 0 Å². The largest absolute Gasteiger partial charge is 0.399 e. The van der Waals surface area contributed by atoms with Crippen LogP contribution in [0.25, 0.3) is 0 Å². The number of halogens is 1. The highest BCUT2D eigenvalue weighted by Crippen LogP contribution is 2.18. The van der Waals surface area contributed by atoms with Gasteiger partial charge in [0.2, 0.25) is 10.0 Å². The van der Waals surface area contributed by atoms with Crippen molar-refractivity contribution in [1.82, 2.24) is 9.71 Å². The van der Waals surface area contributed by atoms with Crippen LogP contribution in [0.15, 0.2) is 41.6 Å². The van der Waals surface area contributed by atoms with Crippen LogP contribution in [0.5, 0.6) is 0 Å². The zero-order valence-corrected chi connectivity index (χ0v) is 11.6. The maximum Gasteiger partial charge on any atom is 0.243 e. The average molecular weight is 295 g/mol. The van der Waals surface area contributed by atoms with Crippen LogP contribution >= 0.6 is 0 Å². The molecule has 0 radical (unpaired) electrons. The Hall–Kier alpha value is -1.99. The summed E-state index contributed by atoms with van der Waals surface area (Å²) in [5.41, 5.74) is 7.29. The second-order valence-corrected chi connectivity index (χ2v) is 6.05. The number of nitrogens with one attached hydrogen (secondary N) is 1. The van der Waals surface area contributed by atoms with Gasteiger partial charge in [0.1, 0.15) is 10.7 Å². The van der Waals surface area contributed by atoms with Crippen LogP contribution in [0.2, 0.25) is 0 Å². The SMILES string of the molecule is Cc1ccncc1CNS(=O)(=O)c1cc(N)ccc1F. The fourth-order valence-corrected chi connectivity index (χ4v) is 2.78. The number of hydrogen-bond donors (Lipinski definition) is 2. The number of anilines is 1. The van der Waals surface area contributed by atoms with Gasteiger partial charge in [-0.2, -0.15) is 0 Å². The van der Waals surface area contributed by atoms with Crippen molar-refractivity contribution in [2.24, 2.45) is 0 Å². The molecule has 1 heterocycles. The number of nitrogen functional groups attached to an aromatic ring is 1. The first-order valence-electron chi connectivity index (χ1n) is 5.84. The Morgan fingerprint density at radius 1 is 1.35 bits per heavy atom. The van der Waals surface area contributed by atoms with Gasteiger partial charge in [0.25, 0.3) is 0 Å². The van der Waals surface area contributed by atoms with Crippen LogP contribution in [-0.4, -0.2) is 13.4 Å². The van der Waals surface area contributed by atoms with Gasteiger partial charge in [0.05, 0.1) is 0 Å². The predicted molar refractivity (Wildman–Crippen MR) is 73.8 cm³/mol. The minimum Gasteiger partial charge on any atom is -0.399 e. The molecule has 0 fully saturated rings. The molecule has 0 aliphatic heterocycles. The van der Waals surface area contributed by atoms with Crippen molar-refractivity contribution < 1.29 is 12.8 Å². The topological polar surface area (TPSA) is 85.1 Å². The van der Waals surface area contributed by atoms with E-state index in [1.165, 1.54) is 6.07 Å². The van der Waals surface area contributed by atoms with E-state index in [2.05, 4.69) is 9.71 Å². The molecule has 7 heteroatoms. The highest BCUT2D eigenvalue weighted by atomic mass is 32.2. The van der Waals surface area contributed by atoms with Gasteiger partial charge in [-0.05, 0) is 42.3 Å². The van der Waals surface area contributed by atoms with Gasteiger partial charge in [-0.15, -0.1) is 0 Å². The van der Waals surface area contributed by atoms with Gasteiger partial charge in [0, 0.05) is 24.6 Å².